The second-order valence-corrected chi connectivity index (χ2v) is 8.16. The van der Waals surface area contributed by atoms with Gasteiger partial charge in [-0.05, 0) is 49.1 Å². The molecule has 0 spiro atoms. The molecule has 0 aromatic heterocycles. The van der Waals surface area contributed by atoms with Gasteiger partial charge in [-0.1, -0.05) is 43.4 Å². The number of carbonyl (C=O) groups excluding carboxylic acids is 2. The molecule has 0 saturated heterocycles. The SMILES string of the molecule is COC1CC(=O)Nc2cc(O)cc(c2)CCC=C(C)C(O)C(C)C(=O)C=CC=CC=CC1O. The van der Waals surface area contributed by atoms with Gasteiger partial charge in [0.05, 0.1) is 24.7 Å². The Labute approximate surface area is 194 Å². The second-order valence-electron chi connectivity index (χ2n) is 8.16. The quantitative estimate of drug-likeness (QED) is 0.483. The third-order valence-corrected chi connectivity index (χ3v) is 5.52. The minimum absolute atomic E-state index is 0.0194. The van der Waals surface area contributed by atoms with Crippen LogP contribution in [0.4, 0.5) is 5.69 Å². The van der Waals surface area contributed by atoms with Gasteiger partial charge in [0.15, 0.2) is 5.78 Å². The van der Waals surface area contributed by atoms with E-state index >= 15 is 0 Å². The molecule has 1 heterocycles. The summed E-state index contributed by atoms with van der Waals surface area (Å²) in [5.41, 5.74) is 1.94. The van der Waals surface area contributed by atoms with E-state index in [1.54, 1.807) is 50.3 Å². The van der Waals surface area contributed by atoms with Crippen LogP contribution in [0, 0.1) is 5.92 Å². The molecule has 0 saturated carbocycles. The summed E-state index contributed by atoms with van der Waals surface area (Å²) in [4.78, 5) is 24.8. The van der Waals surface area contributed by atoms with E-state index < -0.39 is 24.2 Å². The molecule has 7 heteroatoms. The third kappa shape index (κ3) is 8.46. The standard InChI is InChI=1S/C26H33NO6/c1-17-9-8-10-19-13-20(15-21(28)14-19)27-25(31)16-24(33-3)23(30)12-7-5-4-6-11-22(29)18(2)26(17)32/h4-7,9,11-15,18,23-24,26,28,30,32H,8,10,16H2,1-3H3,(H,27,31). The number of hydrogen-bond acceptors (Lipinski definition) is 6. The number of aryl methyl sites for hydroxylation is 1. The van der Waals surface area contributed by atoms with Crippen LogP contribution in [-0.4, -0.2) is 52.4 Å². The number of nitrogens with one attached hydrogen (secondary N) is 1. The van der Waals surface area contributed by atoms with Crippen molar-refractivity contribution < 1.29 is 29.6 Å². The van der Waals surface area contributed by atoms with Crippen molar-refractivity contribution in [3.05, 3.63) is 71.9 Å². The number of amides is 1. The Balaban J connectivity index is 2.31. The third-order valence-electron chi connectivity index (χ3n) is 5.52. The summed E-state index contributed by atoms with van der Waals surface area (Å²) < 4.78 is 5.26. The molecule has 4 unspecified atom stereocenters. The predicted molar refractivity (Wildman–Crippen MR) is 128 cm³/mol. The molecule has 1 aliphatic heterocycles. The summed E-state index contributed by atoms with van der Waals surface area (Å²) in [7, 11) is 1.41. The van der Waals surface area contributed by atoms with Crippen LogP contribution in [0.3, 0.4) is 0 Å². The molecule has 33 heavy (non-hydrogen) atoms. The van der Waals surface area contributed by atoms with Gasteiger partial charge in [-0.25, -0.2) is 0 Å². The van der Waals surface area contributed by atoms with Crippen molar-refractivity contribution in [2.45, 2.75) is 51.4 Å². The molecular weight excluding hydrogens is 422 g/mol. The number of aromatic hydroxyl groups is 1. The van der Waals surface area contributed by atoms with E-state index in [1.165, 1.54) is 25.3 Å². The number of fused-ring (bicyclic) bond motifs is 2. The van der Waals surface area contributed by atoms with Crippen LogP contribution >= 0.6 is 0 Å². The first-order valence-electron chi connectivity index (χ1n) is 10.9. The molecule has 1 aromatic carbocycles. The van der Waals surface area contributed by atoms with E-state index in [4.69, 9.17) is 4.74 Å². The van der Waals surface area contributed by atoms with Crippen LogP contribution in [0.2, 0.25) is 0 Å². The number of aliphatic hydroxyl groups is 2. The van der Waals surface area contributed by atoms with Crippen molar-refractivity contribution in [2.24, 2.45) is 5.92 Å². The van der Waals surface area contributed by atoms with Crippen LogP contribution in [0.25, 0.3) is 0 Å². The highest BCUT2D eigenvalue weighted by Crippen LogP contribution is 2.22. The van der Waals surface area contributed by atoms with Crippen molar-refractivity contribution >= 4 is 17.4 Å². The zero-order chi connectivity index (χ0) is 24.4. The molecule has 0 fully saturated rings. The number of phenols is 1. The molecule has 0 radical (unpaired) electrons. The van der Waals surface area contributed by atoms with Crippen molar-refractivity contribution in [3.63, 3.8) is 0 Å². The fourth-order valence-corrected chi connectivity index (χ4v) is 3.50. The van der Waals surface area contributed by atoms with E-state index in [1.807, 2.05) is 6.08 Å². The first-order chi connectivity index (χ1) is 15.7. The lowest BCUT2D eigenvalue weighted by Gasteiger charge is -2.18. The normalized spacial score (nSPS) is 25.8. The summed E-state index contributed by atoms with van der Waals surface area (Å²) in [5, 5.41) is 33.6. The van der Waals surface area contributed by atoms with Gasteiger partial charge in [0.2, 0.25) is 5.91 Å². The molecule has 2 rings (SSSR count). The Hall–Kier alpha value is -3.00. The topological polar surface area (TPSA) is 116 Å². The van der Waals surface area contributed by atoms with Gasteiger partial charge in [-0.3, -0.25) is 9.59 Å². The zero-order valence-corrected chi connectivity index (χ0v) is 19.3. The molecule has 4 N–H and O–H groups in total. The average molecular weight is 456 g/mol. The predicted octanol–water partition coefficient (Wildman–Crippen LogP) is 3.22. The smallest absolute Gasteiger partial charge is 0.227 e. The Kier molecular flexibility index (Phi) is 10.3. The van der Waals surface area contributed by atoms with Crippen LogP contribution in [0.1, 0.15) is 32.3 Å². The maximum absolute atomic E-state index is 12.5. The van der Waals surface area contributed by atoms with Gasteiger partial charge in [0.1, 0.15) is 5.75 Å². The maximum atomic E-state index is 12.5. The highest BCUT2D eigenvalue weighted by molar-refractivity contribution is 5.92. The van der Waals surface area contributed by atoms with Crippen LogP contribution in [0.15, 0.2) is 66.3 Å². The Morgan fingerprint density at radius 1 is 1.06 bits per heavy atom. The summed E-state index contributed by atoms with van der Waals surface area (Å²) in [5.74, 6) is -1.13. The minimum atomic E-state index is -1.02. The number of benzene rings is 1. The first-order valence-corrected chi connectivity index (χ1v) is 10.9. The van der Waals surface area contributed by atoms with Gasteiger partial charge in [-0.15, -0.1) is 0 Å². The van der Waals surface area contributed by atoms with Gasteiger partial charge in [0, 0.05) is 24.8 Å². The summed E-state index contributed by atoms with van der Waals surface area (Å²) >= 11 is 0. The molecule has 4 atom stereocenters. The van der Waals surface area contributed by atoms with Gasteiger partial charge < -0.3 is 25.4 Å². The minimum Gasteiger partial charge on any atom is -0.508 e. The number of aliphatic hydroxyl groups excluding tert-OH is 2. The molecule has 2 bridgehead atoms. The zero-order valence-electron chi connectivity index (χ0n) is 19.3. The summed E-state index contributed by atoms with van der Waals surface area (Å²) in [6, 6.07) is 4.83. The molecule has 1 aliphatic rings. The van der Waals surface area contributed by atoms with E-state index in [0.29, 0.717) is 24.1 Å². The lowest BCUT2D eigenvalue weighted by Crippen LogP contribution is -2.31. The average Bonchev–Trinajstić information content (AvgIpc) is 2.77. The number of allylic oxidation sites excluding steroid dienone is 6. The first kappa shape index (κ1) is 26.3. The second kappa shape index (κ2) is 12.9. The summed E-state index contributed by atoms with van der Waals surface area (Å²) in [6.07, 6.45) is 9.61. The maximum Gasteiger partial charge on any atom is 0.227 e. The molecule has 0 aliphatic carbocycles. The van der Waals surface area contributed by atoms with E-state index in [0.717, 1.165) is 5.56 Å². The number of hydrogen-bond donors (Lipinski definition) is 4. The largest absolute Gasteiger partial charge is 0.508 e. The van der Waals surface area contributed by atoms with E-state index in [-0.39, 0.29) is 23.9 Å². The lowest BCUT2D eigenvalue weighted by molar-refractivity contribution is -0.121. The van der Waals surface area contributed by atoms with Crippen molar-refractivity contribution in [1.82, 2.24) is 0 Å². The van der Waals surface area contributed by atoms with Crippen LogP contribution in [-0.2, 0) is 20.7 Å². The number of carbonyl (C=O) groups is 2. The Morgan fingerprint density at radius 3 is 2.52 bits per heavy atom. The van der Waals surface area contributed by atoms with Crippen LogP contribution in [0.5, 0.6) is 5.75 Å². The van der Waals surface area contributed by atoms with E-state index in [2.05, 4.69) is 5.32 Å². The van der Waals surface area contributed by atoms with Crippen molar-refractivity contribution in [1.29, 1.82) is 0 Å². The number of ether oxygens (including phenoxy) is 1. The molecule has 178 valence electrons. The molecule has 1 amide bonds. The number of rotatable bonds is 1. The Bertz CT molecular complexity index is 946. The highest BCUT2D eigenvalue weighted by atomic mass is 16.5. The van der Waals surface area contributed by atoms with Gasteiger partial charge in [-0.2, -0.15) is 0 Å². The highest BCUT2D eigenvalue weighted by Gasteiger charge is 2.22. The Morgan fingerprint density at radius 2 is 1.79 bits per heavy atom. The molecule has 7 nitrogen and oxygen atoms in total. The fraction of sp³-hybridized carbons (Fsp3) is 0.385. The number of anilines is 1. The van der Waals surface area contributed by atoms with Crippen LogP contribution < -0.4 is 5.32 Å². The van der Waals surface area contributed by atoms with E-state index in [9.17, 15) is 24.9 Å². The number of ketones is 1. The van der Waals surface area contributed by atoms with Crippen molar-refractivity contribution in [3.8, 4) is 5.75 Å². The fourth-order valence-electron chi connectivity index (χ4n) is 3.50. The monoisotopic (exact) mass is 455 g/mol. The summed E-state index contributed by atoms with van der Waals surface area (Å²) in [6.45, 7) is 3.46. The molecular formula is C26H33NO6. The van der Waals surface area contributed by atoms with Gasteiger partial charge in [0.25, 0.3) is 0 Å². The number of methoxy groups -OCH3 is 1. The molecule has 1 aromatic rings. The van der Waals surface area contributed by atoms with Gasteiger partial charge >= 0.3 is 0 Å². The number of phenolic OH excluding ortho intramolecular Hbond substituents is 1. The van der Waals surface area contributed by atoms with Crippen molar-refractivity contribution in [2.75, 3.05) is 12.4 Å². The lowest BCUT2D eigenvalue weighted by atomic mass is 9.93.